The highest BCUT2D eigenvalue weighted by atomic mass is 32.2. The third-order valence-corrected chi connectivity index (χ3v) is 8.25. The average molecular weight is 529 g/mol. The molecule has 198 valence electrons. The minimum Gasteiger partial charge on any atom is -0.493 e. The molecule has 1 fully saturated rings. The summed E-state index contributed by atoms with van der Waals surface area (Å²) in [6, 6.07) is 4.93. The van der Waals surface area contributed by atoms with Gasteiger partial charge in [0, 0.05) is 31.7 Å². The Morgan fingerprint density at radius 3 is 2.57 bits per heavy atom. The number of hydrogen-bond donors (Lipinski definition) is 2. The number of aryl methyl sites for hydroxylation is 1. The molecule has 0 unspecified atom stereocenters. The van der Waals surface area contributed by atoms with Crippen LogP contribution in [0, 0.1) is 0 Å². The van der Waals surface area contributed by atoms with Crippen molar-refractivity contribution in [1.29, 1.82) is 0 Å². The van der Waals surface area contributed by atoms with Crippen LogP contribution in [0.4, 0.5) is 0 Å². The highest BCUT2D eigenvalue weighted by molar-refractivity contribution is 7.89. The lowest BCUT2D eigenvalue weighted by Crippen LogP contribution is -2.55. The molecular weight excluding hydrogens is 496 g/mol. The number of fused-ring (bicyclic) bond motifs is 3. The third kappa shape index (κ3) is 4.51. The third-order valence-electron chi connectivity index (χ3n) is 6.43. The van der Waals surface area contributed by atoms with Gasteiger partial charge in [0.2, 0.25) is 10.0 Å². The Hall–Kier alpha value is -3.29. The van der Waals surface area contributed by atoms with E-state index in [2.05, 4.69) is 20.5 Å². The molecule has 4 heterocycles. The molecule has 1 aromatic carbocycles. The number of aromatic nitrogens is 6. The Morgan fingerprint density at radius 2 is 1.86 bits per heavy atom. The molecule has 4 aromatic rings. The number of sulfonamides is 1. The molecule has 0 bridgehead atoms. The molecule has 1 aliphatic rings. The molecule has 0 aliphatic carbocycles. The van der Waals surface area contributed by atoms with Gasteiger partial charge in [0.1, 0.15) is 23.4 Å². The number of nitrogens with one attached hydrogen (secondary N) is 2. The smallest absolute Gasteiger partial charge is 0.336 e. The van der Waals surface area contributed by atoms with E-state index in [1.54, 1.807) is 22.8 Å². The molecule has 0 spiro atoms. The topological polar surface area (TPSA) is 140 Å². The second-order valence-electron chi connectivity index (χ2n) is 9.54. The Kier molecular flexibility index (Phi) is 6.77. The van der Waals surface area contributed by atoms with Crippen molar-refractivity contribution in [3.63, 3.8) is 0 Å². The number of rotatable bonds is 8. The summed E-state index contributed by atoms with van der Waals surface area (Å²) in [5, 5.41) is 11.4. The van der Waals surface area contributed by atoms with Crippen LogP contribution in [0.25, 0.3) is 28.2 Å². The normalized spacial score (nSPS) is 19.1. The molecule has 2 atom stereocenters. The van der Waals surface area contributed by atoms with E-state index in [0.29, 0.717) is 60.2 Å². The molecule has 3 aromatic heterocycles. The molecular formula is C24H32N8O4S. The van der Waals surface area contributed by atoms with Crippen LogP contribution in [0.5, 0.6) is 5.75 Å². The number of ether oxygens (including phenoxy) is 1. The zero-order valence-corrected chi connectivity index (χ0v) is 22.2. The Bertz CT molecular complexity index is 1600. The van der Waals surface area contributed by atoms with Gasteiger partial charge in [-0.15, -0.1) is 10.2 Å². The van der Waals surface area contributed by atoms with Gasteiger partial charge in [-0.25, -0.2) is 22.6 Å². The number of nitrogens with zero attached hydrogens (tertiary/aromatic N) is 6. The number of hydrogen-bond acceptors (Lipinski definition) is 8. The molecule has 0 amide bonds. The van der Waals surface area contributed by atoms with Crippen LogP contribution in [-0.2, 0) is 16.6 Å². The van der Waals surface area contributed by atoms with Gasteiger partial charge in [0.25, 0.3) is 0 Å². The predicted octanol–water partition coefficient (Wildman–Crippen LogP) is 2.00. The number of piperazine rings is 1. The first-order chi connectivity index (χ1) is 17.7. The van der Waals surface area contributed by atoms with Crippen molar-refractivity contribution in [2.45, 2.75) is 64.1 Å². The van der Waals surface area contributed by atoms with Gasteiger partial charge in [-0.2, -0.15) is 4.31 Å². The van der Waals surface area contributed by atoms with E-state index >= 15 is 0 Å². The quantitative estimate of drug-likeness (QED) is 0.354. The van der Waals surface area contributed by atoms with Gasteiger partial charge in [-0.1, -0.05) is 13.8 Å². The summed E-state index contributed by atoms with van der Waals surface area (Å²) < 4.78 is 37.7. The van der Waals surface area contributed by atoms with Crippen molar-refractivity contribution in [3.8, 4) is 17.1 Å². The van der Waals surface area contributed by atoms with Crippen LogP contribution >= 0.6 is 0 Å². The summed E-state index contributed by atoms with van der Waals surface area (Å²) in [7, 11) is -3.76. The van der Waals surface area contributed by atoms with E-state index in [9.17, 15) is 13.2 Å². The van der Waals surface area contributed by atoms with Crippen LogP contribution < -0.4 is 15.7 Å². The number of H-pyrrole nitrogens is 1. The molecule has 1 aliphatic heterocycles. The molecule has 13 heteroatoms. The van der Waals surface area contributed by atoms with Gasteiger partial charge < -0.3 is 15.0 Å². The second-order valence-corrected chi connectivity index (χ2v) is 11.5. The summed E-state index contributed by atoms with van der Waals surface area (Å²) in [4.78, 5) is 21.2. The highest BCUT2D eigenvalue weighted by Gasteiger charge is 2.32. The SMILES string of the molecule is CCCOc1ccc(S(=O)(=O)N2C[C@@H](C)N[C@@H](C)C2)cc1-c1nc2c([nH]1)c1nncn1c(=O)n2CCC. The largest absolute Gasteiger partial charge is 0.493 e. The molecule has 2 N–H and O–H groups in total. The number of imidazole rings is 1. The van der Waals surface area contributed by atoms with Crippen LogP contribution in [0.1, 0.15) is 40.5 Å². The summed E-state index contributed by atoms with van der Waals surface area (Å²) in [6.07, 6.45) is 2.89. The fourth-order valence-electron chi connectivity index (χ4n) is 4.85. The molecule has 12 nitrogen and oxygen atoms in total. The van der Waals surface area contributed by atoms with Crippen molar-refractivity contribution < 1.29 is 13.2 Å². The van der Waals surface area contributed by atoms with Gasteiger partial charge >= 0.3 is 5.69 Å². The summed E-state index contributed by atoms with van der Waals surface area (Å²) in [6.45, 7) is 9.61. The molecule has 5 rings (SSSR count). The van der Waals surface area contributed by atoms with Crippen molar-refractivity contribution in [3.05, 3.63) is 35.0 Å². The zero-order valence-electron chi connectivity index (χ0n) is 21.4. The van der Waals surface area contributed by atoms with Gasteiger partial charge in [-0.05, 0) is 44.9 Å². The van der Waals surface area contributed by atoms with Crippen molar-refractivity contribution in [2.75, 3.05) is 19.7 Å². The van der Waals surface area contributed by atoms with Crippen LogP contribution in [-0.4, -0.2) is 73.6 Å². The monoisotopic (exact) mass is 528 g/mol. The van der Waals surface area contributed by atoms with E-state index in [4.69, 9.17) is 9.72 Å². The number of aromatic amines is 1. The molecule has 1 saturated heterocycles. The maximum absolute atomic E-state index is 13.6. The van der Waals surface area contributed by atoms with Gasteiger partial charge in [-0.3, -0.25) is 4.57 Å². The summed E-state index contributed by atoms with van der Waals surface area (Å²) in [5.74, 6) is 0.893. The van der Waals surface area contributed by atoms with E-state index < -0.39 is 10.0 Å². The minimum atomic E-state index is -3.76. The zero-order chi connectivity index (χ0) is 26.3. The van der Waals surface area contributed by atoms with Gasteiger partial charge in [0.15, 0.2) is 11.3 Å². The van der Waals surface area contributed by atoms with E-state index in [1.165, 1.54) is 15.0 Å². The van der Waals surface area contributed by atoms with Crippen LogP contribution in [0.2, 0.25) is 0 Å². The fraction of sp³-hybridized carbons (Fsp3) is 0.500. The molecule has 0 saturated carbocycles. The van der Waals surface area contributed by atoms with Crippen molar-refractivity contribution in [2.24, 2.45) is 0 Å². The first-order valence-electron chi connectivity index (χ1n) is 12.6. The van der Waals surface area contributed by atoms with Crippen molar-refractivity contribution in [1.82, 2.24) is 38.8 Å². The first kappa shape index (κ1) is 25.4. The maximum atomic E-state index is 13.6. The summed E-state index contributed by atoms with van der Waals surface area (Å²) >= 11 is 0. The standard InChI is InChI=1S/C24H32N8O4S/c1-5-9-31-22-20(23-29-25-14-32(23)24(31)33)27-21(28-22)18-11-17(7-8-19(18)36-10-6-2)37(34,35)30-12-15(3)26-16(4)13-30/h7-8,11,14-16,26H,5-6,9-10,12-13H2,1-4H3,(H,27,28)/t15-,16+. The highest BCUT2D eigenvalue weighted by Crippen LogP contribution is 2.34. The Labute approximate surface area is 214 Å². The second kappa shape index (κ2) is 9.88. The van der Waals surface area contributed by atoms with Gasteiger partial charge in [0.05, 0.1) is 17.1 Å². The lowest BCUT2D eigenvalue weighted by molar-refractivity contribution is 0.263. The summed E-state index contributed by atoms with van der Waals surface area (Å²) in [5.41, 5.74) is 1.54. The fourth-order valence-corrected chi connectivity index (χ4v) is 6.49. The van der Waals surface area contributed by atoms with E-state index in [0.717, 1.165) is 12.8 Å². The van der Waals surface area contributed by atoms with Crippen molar-refractivity contribution >= 4 is 26.8 Å². The number of benzene rings is 1. The minimum absolute atomic E-state index is 0.0430. The Morgan fingerprint density at radius 1 is 1.11 bits per heavy atom. The van der Waals surface area contributed by atoms with Crippen LogP contribution in [0.15, 0.2) is 34.2 Å². The first-order valence-corrected chi connectivity index (χ1v) is 14.0. The Balaban J connectivity index is 1.68. The van der Waals surface area contributed by atoms with E-state index in [1.807, 2.05) is 27.7 Å². The molecule has 37 heavy (non-hydrogen) atoms. The lowest BCUT2D eigenvalue weighted by atomic mass is 10.2. The predicted molar refractivity (Wildman–Crippen MR) is 139 cm³/mol. The van der Waals surface area contributed by atoms with Crippen LogP contribution in [0.3, 0.4) is 0 Å². The lowest BCUT2D eigenvalue weighted by Gasteiger charge is -2.35. The molecule has 0 radical (unpaired) electrons. The maximum Gasteiger partial charge on any atom is 0.336 e. The average Bonchev–Trinajstić information content (AvgIpc) is 3.52. The van der Waals surface area contributed by atoms with E-state index in [-0.39, 0.29) is 22.7 Å².